The molecule has 100 valence electrons. The van der Waals surface area contributed by atoms with Gasteiger partial charge in [0.15, 0.2) is 0 Å². The standard InChI is InChI=1S/C14H28N2O/c1-4-7-11-17-12-8-9-14(6-3,13-15)16-10-5-2/h16H,4-12H2,1-3H3. The Morgan fingerprint density at radius 2 is 1.82 bits per heavy atom. The van der Waals surface area contributed by atoms with Crippen LogP contribution in [0.4, 0.5) is 0 Å². The van der Waals surface area contributed by atoms with Crippen LogP contribution < -0.4 is 5.32 Å². The number of rotatable bonds is 11. The first kappa shape index (κ1) is 16.4. The summed E-state index contributed by atoms with van der Waals surface area (Å²) >= 11 is 0. The van der Waals surface area contributed by atoms with E-state index >= 15 is 0 Å². The molecular formula is C14H28N2O. The second-order valence-electron chi connectivity index (χ2n) is 4.54. The zero-order chi connectivity index (χ0) is 13.0. The Hall–Kier alpha value is -0.590. The van der Waals surface area contributed by atoms with E-state index in [1.807, 2.05) is 0 Å². The zero-order valence-electron chi connectivity index (χ0n) is 11.7. The average molecular weight is 240 g/mol. The van der Waals surface area contributed by atoms with Crippen molar-refractivity contribution in [2.24, 2.45) is 0 Å². The van der Waals surface area contributed by atoms with E-state index in [0.29, 0.717) is 0 Å². The highest BCUT2D eigenvalue weighted by Crippen LogP contribution is 2.16. The number of ether oxygens (including phenoxy) is 1. The van der Waals surface area contributed by atoms with E-state index in [9.17, 15) is 5.26 Å². The van der Waals surface area contributed by atoms with Gasteiger partial charge < -0.3 is 4.74 Å². The summed E-state index contributed by atoms with van der Waals surface area (Å²) < 4.78 is 5.53. The van der Waals surface area contributed by atoms with Crippen LogP contribution >= 0.6 is 0 Å². The summed E-state index contributed by atoms with van der Waals surface area (Å²) in [4.78, 5) is 0. The van der Waals surface area contributed by atoms with E-state index < -0.39 is 0 Å². The quantitative estimate of drug-likeness (QED) is 0.564. The first-order chi connectivity index (χ1) is 8.24. The molecule has 0 saturated heterocycles. The summed E-state index contributed by atoms with van der Waals surface area (Å²) in [5, 5.41) is 12.7. The lowest BCUT2D eigenvalue weighted by molar-refractivity contribution is 0.122. The Morgan fingerprint density at radius 3 is 2.35 bits per heavy atom. The average Bonchev–Trinajstić information content (AvgIpc) is 2.38. The molecule has 0 amide bonds. The molecule has 0 aliphatic rings. The fraction of sp³-hybridized carbons (Fsp3) is 0.929. The Balaban J connectivity index is 3.81. The summed E-state index contributed by atoms with van der Waals surface area (Å²) in [7, 11) is 0. The maximum absolute atomic E-state index is 9.29. The van der Waals surface area contributed by atoms with E-state index in [2.05, 4.69) is 32.2 Å². The van der Waals surface area contributed by atoms with Gasteiger partial charge in [-0.05, 0) is 38.6 Å². The van der Waals surface area contributed by atoms with Crippen molar-refractivity contribution in [1.29, 1.82) is 5.26 Å². The lowest BCUT2D eigenvalue weighted by Crippen LogP contribution is -2.44. The Bertz CT molecular complexity index is 213. The molecule has 0 spiro atoms. The van der Waals surface area contributed by atoms with Gasteiger partial charge in [-0.2, -0.15) is 5.26 Å². The van der Waals surface area contributed by atoms with Gasteiger partial charge in [-0.3, -0.25) is 5.32 Å². The number of hydrogen-bond donors (Lipinski definition) is 1. The summed E-state index contributed by atoms with van der Waals surface area (Å²) in [6.07, 6.45) is 6.07. The molecule has 1 N–H and O–H groups in total. The highest BCUT2D eigenvalue weighted by atomic mass is 16.5. The largest absolute Gasteiger partial charge is 0.381 e. The normalized spacial score (nSPS) is 14.2. The van der Waals surface area contributed by atoms with Crippen LogP contribution in [-0.4, -0.2) is 25.3 Å². The van der Waals surface area contributed by atoms with Crippen LogP contribution in [-0.2, 0) is 4.74 Å². The predicted molar refractivity (Wildman–Crippen MR) is 71.9 cm³/mol. The van der Waals surface area contributed by atoms with Crippen molar-refractivity contribution in [3.05, 3.63) is 0 Å². The molecule has 0 aromatic rings. The third-order valence-corrected chi connectivity index (χ3v) is 3.07. The molecule has 3 heteroatoms. The van der Waals surface area contributed by atoms with Crippen molar-refractivity contribution in [2.75, 3.05) is 19.8 Å². The first-order valence-corrected chi connectivity index (χ1v) is 6.98. The summed E-state index contributed by atoms with van der Waals surface area (Å²) in [6, 6.07) is 2.44. The van der Waals surface area contributed by atoms with E-state index in [-0.39, 0.29) is 5.54 Å². The monoisotopic (exact) mass is 240 g/mol. The van der Waals surface area contributed by atoms with Crippen molar-refractivity contribution in [1.82, 2.24) is 5.32 Å². The number of unbranched alkanes of at least 4 members (excludes halogenated alkanes) is 1. The molecule has 0 radical (unpaired) electrons. The van der Waals surface area contributed by atoms with Crippen LogP contribution in [0.3, 0.4) is 0 Å². The Kier molecular flexibility index (Phi) is 10.2. The van der Waals surface area contributed by atoms with Crippen LogP contribution in [0.5, 0.6) is 0 Å². The molecular weight excluding hydrogens is 212 g/mol. The number of nitrogens with zero attached hydrogens (tertiary/aromatic N) is 1. The molecule has 0 rings (SSSR count). The Labute approximate surface area is 107 Å². The van der Waals surface area contributed by atoms with Gasteiger partial charge >= 0.3 is 0 Å². The Morgan fingerprint density at radius 1 is 1.12 bits per heavy atom. The molecule has 0 saturated carbocycles. The van der Waals surface area contributed by atoms with Crippen molar-refractivity contribution < 1.29 is 4.74 Å². The van der Waals surface area contributed by atoms with Crippen molar-refractivity contribution in [3.8, 4) is 6.07 Å². The molecule has 0 aromatic heterocycles. The van der Waals surface area contributed by atoms with Gasteiger partial charge in [0.2, 0.25) is 0 Å². The van der Waals surface area contributed by atoms with Gasteiger partial charge in [0.1, 0.15) is 5.54 Å². The number of nitriles is 1. The highest BCUT2D eigenvalue weighted by Gasteiger charge is 2.25. The van der Waals surface area contributed by atoms with Gasteiger partial charge in [-0.15, -0.1) is 0 Å². The van der Waals surface area contributed by atoms with Crippen molar-refractivity contribution in [2.45, 2.75) is 64.8 Å². The lowest BCUT2D eigenvalue weighted by atomic mass is 9.92. The molecule has 1 atom stereocenters. The summed E-state index contributed by atoms with van der Waals surface area (Å²) in [5.74, 6) is 0. The predicted octanol–water partition coefficient (Wildman–Crippen LogP) is 3.26. The second-order valence-corrected chi connectivity index (χ2v) is 4.54. The topological polar surface area (TPSA) is 45.0 Å². The molecule has 17 heavy (non-hydrogen) atoms. The second kappa shape index (κ2) is 10.6. The molecule has 0 bridgehead atoms. The molecule has 0 aliphatic carbocycles. The van der Waals surface area contributed by atoms with Gasteiger partial charge in [-0.25, -0.2) is 0 Å². The van der Waals surface area contributed by atoms with Gasteiger partial charge in [0, 0.05) is 13.2 Å². The molecule has 0 aromatic carbocycles. The van der Waals surface area contributed by atoms with E-state index in [1.54, 1.807) is 0 Å². The SMILES string of the molecule is CCCCOCCCC(C#N)(CC)NCCC. The minimum atomic E-state index is -0.343. The molecule has 1 unspecified atom stereocenters. The minimum Gasteiger partial charge on any atom is -0.381 e. The third-order valence-electron chi connectivity index (χ3n) is 3.07. The first-order valence-electron chi connectivity index (χ1n) is 6.98. The number of hydrogen-bond acceptors (Lipinski definition) is 3. The molecule has 0 aliphatic heterocycles. The molecule has 0 heterocycles. The van der Waals surface area contributed by atoms with Crippen LogP contribution in [0, 0.1) is 11.3 Å². The third kappa shape index (κ3) is 7.36. The molecule has 0 fully saturated rings. The fourth-order valence-corrected chi connectivity index (χ4v) is 1.75. The van der Waals surface area contributed by atoms with Gasteiger partial charge in [0.25, 0.3) is 0 Å². The lowest BCUT2D eigenvalue weighted by Gasteiger charge is -2.26. The summed E-state index contributed by atoms with van der Waals surface area (Å²) in [6.45, 7) is 8.90. The maximum Gasteiger partial charge on any atom is 0.106 e. The van der Waals surface area contributed by atoms with E-state index in [0.717, 1.165) is 51.9 Å². The van der Waals surface area contributed by atoms with Crippen molar-refractivity contribution in [3.63, 3.8) is 0 Å². The maximum atomic E-state index is 9.29. The minimum absolute atomic E-state index is 0.343. The van der Waals surface area contributed by atoms with Crippen LogP contribution in [0.1, 0.15) is 59.3 Å². The number of nitrogens with one attached hydrogen (secondary N) is 1. The van der Waals surface area contributed by atoms with Gasteiger partial charge in [-0.1, -0.05) is 27.2 Å². The van der Waals surface area contributed by atoms with E-state index in [1.165, 1.54) is 6.42 Å². The van der Waals surface area contributed by atoms with Crippen molar-refractivity contribution >= 4 is 0 Å². The summed E-state index contributed by atoms with van der Waals surface area (Å²) in [5.41, 5.74) is -0.343. The van der Waals surface area contributed by atoms with E-state index in [4.69, 9.17) is 4.74 Å². The molecule has 3 nitrogen and oxygen atoms in total. The fourth-order valence-electron chi connectivity index (χ4n) is 1.75. The highest BCUT2D eigenvalue weighted by molar-refractivity contribution is 5.05. The van der Waals surface area contributed by atoms with Gasteiger partial charge in [0.05, 0.1) is 6.07 Å². The van der Waals surface area contributed by atoms with Crippen LogP contribution in [0.25, 0.3) is 0 Å². The van der Waals surface area contributed by atoms with Crippen LogP contribution in [0.15, 0.2) is 0 Å². The van der Waals surface area contributed by atoms with Crippen LogP contribution in [0.2, 0.25) is 0 Å². The zero-order valence-corrected chi connectivity index (χ0v) is 11.7. The smallest absolute Gasteiger partial charge is 0.106 e.